The number of piperidine rings is 1. The Hall–Kier alpha value is -1.26. The molecule has 0 aromatic heterocycles. The molecule has 1 aromatic rings. The van der Waals surface area contributed by atoms with Gasteiger partial charge < -0.3 is 15.0 Å². The molecule has 0 unspecified atom stereocenters. The van der Waals surface area contributed by atoms with Gasteiger partial charge in [-0.1, -0.05) is 23.7 Å². The number of para-hydroxylation sites is 1. The Balaban J connectivity index is 1.45. The minimum atomic E-state index is 0.217. The van der Waals surface area contributed by atoms with E-state index < -0.39 is 0 Å². The summed E-state index contributed by atoms with van der Waals surface area (Å²) in [6.07, 6.45) is 4.57. The van der Waals surface area contributed by atoms with E-state index in [9.17, 15) is 4.79 Å². The minimum Gasteiger partial charge on any atom is -0.492 e. The van der Waals surface area contributed by atoms with E-state index in [0.29, 0.717) is 30.1 Å². The molecule has 1 heterocycles. The molecule has 1 amide bonds. The molecule has 0 radical (unpaired) electrons. The molecule has 0 spiro atoms. The molecule has 1 saturated heterocycles. The van der Waals surface area contributed by atoms with Crippen molar-refractivity contribution >= 4 is 17.5 Å². The molecule has 2 fully saturated rings. The standard InChI is InChI=1S/C17H23ClN2O2/c18-15-5-1-2-6-16(15)22-12-13-4-3-9-20(11-13)17(21)10-19-14-7-8-14/h1-2,5-6,13-14,19H,3-4,7-12H2/t13-/m0/s1. The van der Waals surface area contributed by atoms with Crippen molar-refractivity contribution in [3.8, 4) is 5.75 Å². The van der Waals surface area contributed by atoms with Gasteiger partial charge in [-0.3, -0.25) is 4.79 Å². The summed E-state index contributed by atoms with van der Waals surface area (Å²) in [5.41, 5.74) is 0. The number of benzene rings is 1. The molecule has 1 N–H and O–H groups in total. The van der Waals surface area contributed by atoms with Crippen LogP contribution >= 0.6 is 11.6 Å². The summed E-state index contributed by atoms with van der Waals surface area (Å²) in [6, 6.07) is 8.10. The number of hydrogen-bond donors (Lipinski definition) is 1. The molecule has 3 rings (SSSR count). The first-order valence-electron chi connectivity index (χ1n) is 8.11. The molecule has 120 valence electrons. The lowest BCUT2D eigenvalue weighted by atomic mass is 9.99. The minimum absolute atomic E-state index is 0.217. The van der Waals surface area contributed by atoms with Crippen molar-refractivity contribution in [1.82, 2.24) is 10.2 Å². The Morgan fingerprint density at radius 3 is 2.91 bits per heavy atom. The number of nitrogens with zero attached hydrogens (tertiary/aromatic N) is 1. The number of likely N-dealkylation sites (tertiary alicyclic amines) is 1. The van der Waals surface area contributed by atoms with Crippen molar-refractivity contribution < 1.29 is 9.53 Å². The summed E-state index contributed by atoms with van der Waals surface area (Å²) in [5.74, 6) is 1.33. The highest BCUT2D eigenvalue weighted by atomic mass is 35.5. The number of halogens is 1. The number of hydrogen-bond acceptors (Lipinski definition) is 3. The predicted molar refractivity (Wildman–Crippen MR) is 87.3 cm³/mol. The lowest BCUT2D eigenvalue weighted by molar-refractivity contribution is -0.132. The van der Waals surface area contributed by atoms with E-state index >= 15 is 0 Å². The summed E-state index contributed by atoms with van der Waals surface area (Å²) in [7, 11) is 0. The van der Waals surface area contributed by atoms with E-state index in [4.69, 9.17) is 16.3 Å². The lowest BCUT2D eigenvalue weighted by Crippen LogP contribution is -2.45. The topological polar surface area (TPSA) is 41.6 Å². The molecule has 1 saturated carbocycles. The second-order valence-corrected chi connectivity index (χ2v) is 6.65. The summed E-state index contributed by atoms with van der Waals surface area (Å²) in [5, 5.41) is 3.93. The zero-order valence-corrected chi connectivity index (χ0v) is 13.5. The third-order valence-corrected chi connectivity index (χ3v) is 4.61. The second-order valence-electron chi connectivity index (χ2n) is 6.24. The van der Waals surface area contributed by atoms with Crippen LogP contribution in [0.1, 0.15) is 25.7 Å². The van der Waals surface area contributed by atoms with Gasteiger partial charge in [-0.15, -0.1) is 0 Å². The van der Waals surface area contributed by atoms with Gasteiger partial charge in [0.25, 0.3) is 0 Å². The molecular weight excluding hydrogens is 300 g/mol. The quantitative estimate of drug-likeness (QED) is 0.875. The van der Waals surface area contributed by atoms with Crippen molar-refractivity contribution in [3.63, 3.8) is 0 Å². The second kappa shape index (κ2) is 7.34. The van der Waals surface area contributed by atoms with Gasteiger partial charge in [0.15, 0.2) is 0 Å². The van der Waals surface area contributed by atoms with Gasteiger partial charge in [0, 0.05) is 25.0 Å². The number of amides is 1. The van der Waals surface area contributed by atoms with E-state index in [1.54, 1.807) is 0 Å². The maximum Gasteiger partial charge on any atom is 0.236 e. The normalized spacial score (nSPS) is 21.7. The number of rotatable bonds is 6. The molecule has 22 heavy (non-hydrogen) atoms. The molecule has 2 aliphatic rings. The summed E-state index contributed by atoms with van der Waals surface area (Å²) >= 11 is 6.10. The summed E-state index contributed by atoms with van der Waals surface area (Å²) in [4.78, 5) is 14.2. The first-order chi connectivity index (χ1) is 10.7. The van der Waals surface area contributed by atoms with Crippen LogP contribution in [-0.2, 0) is 4.79 Å². The molecule has 1 atom stereocenters. The summed E-state index contributed by atoms with van der Waals surface area (Å²) < 4.78 is 5.83. The van der Waals surface area contributed by atoms with E-state index in [1.165, 1.54) is 12.8 Å². The number of ether oxygens (including phenoxy) is 1. The van der Waals surface area contributed by atoms with Crippen LogP contribution in [0.25, 0.3) is 0 Å². The SMILES string of the molecule is O=C(CNC1CC1)N1CCC[C@H](COc2ccccc2Cl)C1. The van der Waals surface area contributed by atoms with E-state index in [2.05, 4.69) is 5.32 Å². The summed E-state index contributed by atoms with van der Waals surface area (Å²) in [6.45, 7) is 2.75. The molecule has 1 aromatic carbocycles. The average molecular weight is 323 g/mol. The Labute approximate surface area is 136 Å². The highest BCUT2D eigenvalue weighted by Gasteiger charge is 2.26. The third kappa shape index (κ3) is 4.37. The van der Waals surface area contributed by atoms with Crippen molar-refractivity contribution in [2.75, 3.05) is 26.2 Å². The van der Waals surface area contributed by atoms with E-state index in [-0.39, 0.29) is 5.91 Å². The fraction of sp³-hybridized carbons (Fsp3) is 0.588. The molecule has 1 aliphatic carbocycles. The van der Waals surface area contributed by atoms with Crippen molar-refractivity contribution in [1.29, 1.82) is 0 Å². The van der Waals surface area contributed by atoms with Crippen LogP contribution in [0.3, 0.4) is 0 Å². The van der Waals surface area contributed by atoms with Crippen molar-refractivity contribution in [2.45, 2.75) is 31.7 Å². The number of carbonyl (C=O) groups excluding carboxylic acids is 1. The fourth-order valence-electron chi connectivity index (χ4n) is 2.83. The maximum absolute atomic E-state index is 12.2. The van der Waals surface area contributed by atoms with Gasteiger partial charge in [-0.25, -0.2) is 0 Å². The van der Waals surface area contributed by atoms with E-state index in [0.717, 1.165) is 31.7 Å². The van der Waals surface area contributed by atoms with Crippen molar-refractivity contribution in [2.24, 2.45) is 5.92 Å². The monoisotopic (exact) mass is 322 g/mol. The van der Waals surface area contributed by atoms with Crippen molar-refractivity contribution in [3.05, 3.63) is 29.3 Å². The van der Waals surface area contributed by atoms with Gasteiger partial charge in [0.2, 0.25) is 5.91 Å². The van der Waals surface area contributed by atoms with Crippen LogP contribution in [0.4, 0.5) is 0 Å². The van der Waals surface area contributed by atoms with Crippen LogP contribution in [0.5, 0.6) is 5.75 Å². The van der Waals surface area contributed by atoms with Crippen LogP contribution in [-0.4, -0.2) is 43.1 Å². The Morgan fingerprint density at radius 1 is 1.32 bits per heavy atom. The van der Waals surface area contributed by atoms with Gasteiger partial charge in [0.1, 0.15) is 5.75 Å². The average Bonchev–Trinajstić information content (AvgIpc) is 3.36. The molecule has 4 nitrogen and oxygen atoms in total. The van der Waals surface area contributed by atoms with Crippen LogP contribution < -0.4 is 10.1 Å². The zero-order chi connectivity index (χ0) is 15.4. The predicted octanol–water partition coefficient (Wildman–Crippen LogP) is 2.71. The van der Waals surface area contributed by atoms with Gasteiger partial charge in [-0.2, -0.15) is 0 Å². The Morgan fingerprint density at radius 2 is 2.14 bits per heavy atom. The van der Waals surface area contributed by atoms with Gasteiger partial charge in [0.05, 0.1) is 18.2 Å². The largest absolute Gasteiger partial charge is 0.492 e. The van der Waals surface area contributed by atoms with Gasteiger partial charge >= 0.3 is 0 Å². The van der Waals surface area contributed by atoms with Crippen LogP contribution in [0.2, 0.25) is 5.02 Å². The van der Waals surface area contributed by atoms with Crippen LogP contribution in [0.15, 0.2) is 24.3 Å². The van der Waals surface area contributed by atoms with Crippen LogP contribution in [0, 0.1) is 5.92 Å². The highest BCUT2D eigenvalue weighted by molar-refractivity contribution is 6.32. The van der Waals surface area contributed by atoms with E-state index in [1.807, 2.05) is 29.2 Å². The molecule has 1 aliphatic heterocycles. The molecular formula is C17H23ClN2O2. The van der Waals surface area contributed by atoms with Gasteiger partial charge in [-0.05, 0) is 37.8 Å². The Bertz CT molecular complexity index is 519. The first kappa shape index (κ1) is 15.6. The molecule has 5 heteroatoms. The smallest absolute Gasteiger partial charge is 0.236 e. The maximum atomic E-state index is 12.2. The zero-order valence-electron chi connectivity index (χ0n) is 12.8. The Kier molecular flexibility index (Phi) is 5.21. The highest BCUT2D eigenvalue weighted by Crippen LogP contribution is 2.25. The first-order valence-corrected chi connectivity index (χ1v) is 8.48. The molecule has 0 bridgehead atoms. The number of nitrogens with one attached hydrogen (secondary N) is 1. The third-order valence-electron chi connectivity index (χ3n) is 4.30. The number of carbonyl (C=O) groups is 1. The fourth-order valence-corrected chi connectivity index (χ4v) is 3.02. The lowest BCUT2D eigenvalue weighted by Gasteiger charge is -2.32.